The standard InChI is InChI=1S/C19H30O5/c1-3-5-6-7-8-9-10-11-14-13-15(20)17(21)16(19(22)23)18(14)24-12-4-2/h13,20-21H,3-12H2,1-2H3,(H,22,23). The fourth-order valence-electron chi connectivity index (χ4n) is 2.72. The van der Waals surface area contributed by atoms with Gasteiger partial charge in [0, 0.05) is 0 Å². The summed E-state index contributed by atoms with van der Waals surface area (Å²) >= 11 is 0. The minimum atomic E-state index is -1.30. The Morgan fingerprint density at radius 2 is 1.62 bits per heavy atom. The second-order valence-electron chi connectivity index (χ2n) is 6.13. The number of phenols is 2. The summed E-state index contributed by atoms with van der Waals surface area (Å²) in [5.41, 5.74) is 0.297. The molecule has 0 spiro atoms. The molecule has 0 aromatic heterocycles. The minimum Gasteiger partial charge on any atom is -0.504 e. The summed E-state index contributed by atoms with van der Waals surface area (Å²) in [5.74, 6) is -2.15. The molecule has 1 aromatic rings. The van der Waals surface area contributed by atoms with Crippen LogP contribution in [0.2, 0.25) is 0 Å². The summed E-state index contributed by atoms with van der Waals surface area (Å²) < 4.78 is 5.57. The zero-order valence-electron chi connectivity index (χ0n) is 14.8. The fraction of sp³-hybridized carbons (Fsp3) is 0.632. The molecule has 5 heteroatoms. The number of benzene rings is 1. The molecule has 136 valence electrons. The van der Waals surface area contributed by atoms with E-state index in [1.807, 2.05) is 6.92 Å². The monoisotopic (exact) mass is 338 g/mol. The summed E-state index contributed by atoms with van der Waals surface area (Å²) in [4.78, 5) is 11.4. The quantitative estimate of drug-likeness (QED) is 0.373. The van der Waals surface area contributed by atoms with Crippen LogP contribution in [0.25, 0.3) is 0 Å². The van der Waals surface area contributed by atoms with Gasteiger partial charge in [0.05, 0.1) is 6.61 Å². The Kier molecular flexibility index (Phi) is 9.05. The first-order valence-electron chi connectivity index (χ1n) is 8.96. The van der Waals surface area contributed by atoms with Crippen LogP contribution in [0.1, 0.15) is 81.1 Å². The molecule has 0 unspecified atom stereocenters. The normalized spacial score (nSPS) is 10.8. The number of aryl methyl sites for hydroxylation is 1. The second kappa shape index (κ2) is 10.8. The molecule has 0 bridgehead atoms. The Labute approximate surface area is 144 Å². The predicted molar refractivity (Wildman–Crippen MR) is 94.2 cm³/mol. The number of unbranched alkanes of at least 4 members (excludes halogenated alkanes) is 6. The van der Waals surface area contributed by atoms with Crippen molar-refractivity contribution in [2.75, 3.05) is 6.61 Å². The Hall–Kier alpha value is -1.91. The highest BCUT2D eigenvalue weighted by Crippen LogP contribution is 2.39. The lowest BCUT2D eigenvalue weighted by Crippen LogP contribution is -2.07. The van der Waals surface area contributed by atoms with Crippen molar-refractivity contribution >= 4 is 5.97 Å². The molecule has 1 aromatic carbocycles. The van der Waals surface area contributed by atoms with Crippen LogP contribution in [0.3, 0.4) is 0 Å². The van der Waals surface area contributed by atoms with E-state index in [0.29, 0.717) is 18.6 Å². The van der Waals surface area contributed by atoms with E-state index < -0.39 is 17.5 Å². The van der Waals surface area contributed by atoms with Crippen LogP contribution in [0.15, 0.2) is 6.07 Å². The highest BCUT2D eigenvalue weighted by Gasteiger charge is 2.24. The SMILES string of the molecule is CCCCCCCCCc1cc(O)c(O)c(C(=O)O)c1OCCC. The Bertz CT molecular complexity index is 525. The minimum absolute atomic E-state index is 0.186. The maximum Gasteiger partial charge on any atom is 0.343 e. The average Bonchev–Trinajstić information content (AvgIpc) is 2.55. The van der Waals surface area contributed by atoms with Crippen LogP contribution in [-0.2, 0) is 6.42 Å². The van der Waals surface area contributed by atoms with Gasteiger partial charge in [0.2, 0.25) is 0 Å². The maximum absolute atomic E-state index is 11.4. The predicted octanol–water partition coefficient (Wildman–Crippen LogP) is 4.88. The molecular formula is C19H30O5. The van der Waals surface area contributed by atoms with E-state index >= 15 is 0 Å². The van der Waals surface area contributed by atoms with Crippen molar-refractivity contribution in [1.29, 1.82) is 0 Å². The first kappa shape index (κ1) is 20.1. The zero-order valence-corrected chi connectivity index (χ0v) is 14.8. The molecule has 0 radical (unpaired) electrons. The number of carboxylic acid groups (broad SMARTS) is 1. The third-order valence-electron chi connectivity index (χ3n) is 4.02. The van der Waals surface area contributed by atoms with E-state index in [1.165, 1.54) is 31.7 Å². The van der Waals surface area contributed by atoms with Crippen molar-refractivity contribution in [3.05, 3.63) is 17.2 Å². The van der Waals surface area contributed by atoms with E-state index in [-0.39, 0.29) is 11.3 Å². The van der Waals surface area contributed by atoms with Crippen molar-refractivity contribution in [2.24, 2.45) is 0 Å². The van der Waals surface area contributed by atoms with Crippen LogP contribution < -0.4 is 4.74 Å². The third kappa shape index (κ3) is 5.95. The van der Waals surface area contributed by atoms with Crippen molar-refractivity contribution in [3.8, 4) is 17.2 Å². The van der Waals surface area contributed by atoms with E-state index in [4.69, 9.17) is 4.74 Å². The maximum atomic E-state index is 11.4. The lowest BCUT2D eigenvalue weighted by molar-refractivity contribution is 0.0687. The number of rotatable bonds is 12. The average molecular weight is 338 g/mol. The Morgan fingerprint density at radius 1 is 1.00 bits per heavy atom. The van der Waals surface area contributed by atoms with E-state index in [0.717, 1.165) is 25.7 Å². The molecule has 0 fully saturated rings. The van der Waals surface area contributed by atoms with Gasteiger partial charge in [-0.05, 0) is 30.9 Å². The lowest BCUT2D eigenvalue weighted by atomic mass is 10.00. The molecule has 3 N–H and O–H groups in total. The number of hydrogen-bond acceptors (Lipinski definition) is 4. The summed E-state index contributed by atoms with van der Waals surface area (Å²) in [6.45, 7) is 4.49. The number of phenolic OH excluding ortho intramolecular Hbond substituents is 1. The van der Waals surface area contributed by atoms with Crippen molar-refractivity contribution in [2.45, 2.75) is 71.6 Å². The third-order valence-corrected chi connectivity index (χ3v) is 4.02. The van der Waals surface area contributed by atoms with Crippen LogP contribution in [-0.4, -0.2) is 27.9 Å². The number of aromatic carboxylic acids is 1. The topological polar surface area (TPSA) is 87.0 Å². The largest absolute Gasteiger partial charge is 0.504 e. The van der Waals surface area contributed by atoms with E-state index in [1.54, 1.807) is 0 Å². The first-order valence-corrected chi connectivity index (χ1v) is 8.96. The van der Waals surface area contributed by atoms with Gasteiger partial charge in [0.15, 0.2) is 11.5 Å². The Balaban J connectivity index is 2.78. The first-order chi connectivity index (χ1) is 11.5. The summed E-state index contributed by atoms with van der Waals surface area (Å²) in [5, 5.41) is 29.0. The lowest BCUT2D eigenvalue weighted by Gasteiger charge is -2.16. The molecule has 0 saturated carbocycles. The summed E-state index contributed by atoms with van der Waals surface area (Å²) in [7, 11) is 0. The van der Waals surface area contributed by atoms with Crippen LogP contribution in [0.4, 0.5) is 0 Å². The smallest absolute Gasteiger partial charge is 0.343 e. The van der Waals surface area contributed by atoms with E-state index in [9.17, 15) is 20.1 Å². The van der Waals surface area contributed by atoms with Gasteiger partial charge < -0.3 is 20.1 Å². The van der Waals surface area contributed by atoms with Gasteiger partial charge in [-0.2, -0.15) is 0 Å². The number of aromatic hydroxyl groups is 2. The van der Waals surface area contributed by atoms with E-state index in [2.05, 4.69) is 6.92 Å². The fourth-order valence-corrected chi connectivity index (χ4v) is 2.72. The molecule has 0 saturated heterocycles. The molecular weight excluding hydrogens is 308 g/mol. The number of hydrogen-bond donors (Lipinski definition) is 3. The van der Waals surface area contributed by atoms with Crippen LogP contribution >= 0.6 is 0 Å². The van der Waals surface area contributed by atoms with Gasteiger partial charge in [-0.15, -0.1) is 0 Å². The molecule has 0 aliphatic rings. The number of carbonyl (C=O) groups is 1. The number of carboxylic acids is 1. The summed E-state index contributed by atoms with van der Waals surface area (Å²) in [6.07, 6.45) is 9.43. The van der Waals surface area contributed by atoms with Gasteiger partial charge >= 0.3 is 5.97 Å². The number of ether oxygens (including phenoxy) is 1. The molecule has 0 aliphatic carbocycles. The Morgan fingerprint density at radius 3 is 2.21 bits per heavy atom. The van der Waals surface area contributed by atoms with Gasteiger partial charge in [-0.3, -0.25) is 0 Å². The van der Waals surface area contributed by atoms with Gasteiger partial charge in [-0.25, -0.2) is 4.79 Å². The summed E-state index contributed by atoms with van der Waals surface area (Å²) in [6, 6.07) is 1.42. The molecule has 0 heterocycles. The van der Waals surface area contributed by atoms with Crippen LogP contribution in [0.5, 0.6) is 17.2 Å². The molecule has 0 aliphatic heterocycles. The molecule has 24 heavy (non-hydrogen) atoms. The zero-order chi connectivity index (χ0) is 17.9. The van der Waals surface area contributed by atoms with Crippen molar-refractivity contribution in [1.82, 2.24) is 0 Å². The molecule has 5 nitrogen and oxygen atoms in total. The van der Waals surface area contributed by atoms with Crippen LogP contribution in [0, 0.1) is 0 Å². The van der Waals surface area contributed by atoms with Gasteiger partial charge in [0.25, 0.3) is 0 Å². The van der Waals surface area contributed by atoms with Gasteiger partial charge in [0.1, 0.15) is 11.3 Å². The highest BCUT2D eigenvalue weighted by molar-refractivity contribution is 5.95. The molecule has 0 atom stereocenters. The van der Waals surface area contributed by atoms with Crippen molar-refractivity contribution < 1.29 is 24.9 Å². The van der Waals surface area contributed by atoms with Crippen molar-refractivity contribution in [3.63, 3.8) is 0 Å². The highest BCUT2D eigenvalue weighted by atomic mass is 16.5. The second-order valence-corrected chi connectivity index (χ2v) is 6.13. The molecule has 1 rings (SSSR count). The molecule has 0 amide bonds. The van der Waals surface area contributed by atoms with Gasteiger partial charge in [-0.1, -0.05) is 52.4 Å².